The van der Waals surface area contributed by atoms with Gasteiger partial charge in [0.05, 0.1) is 23.1 Å². The molecule has 2 aromatic carbocycles. The lowest BCUT2D eigenvalue weighted by Gasteiger charge is -2.36. The molecule has 28 heavy (non-hydrogen) atoms. The fraction of sp³-hybridized carbons (Fsp3) is 0.200. The third kappa shape index (κ3) is 2.94. The summed E-state index contributed by atoms with van der Waals surface area (Å²) < 4.78 is 15.8. The highest BCUT2D eigenvalue weighted by molar-refractivity contribution is 6.38. The van der Waals surface area contributed by atoms with Gasteiger partial charge in [0.15, 0.2) is 5.58 Å². The van der Waals surface area contributed by atoms with Crippen LogP contribution in [0.15, 0.2) is 51.7 Å². The number of carbonyl (C=O) groups excluding carboxylic acids is 1. The van der Waals surface area contributed by atoms with Crippen molar-refractivity contribution in [3.05, 3.63) is 74.1 Å². The fourth-order valence-electron chi connectivity index (χ4n) is 3.47. The average Bonchev–Trinajstić information content (AvgIpc) is 2.68. The van der Waals surface area contributed by atoms with E-state index in [2.05, 4.69) is 0 Å². The number of halogens is 2. The Morgan fingerprint density at radius 2 is 1.96 bits per heavy atom. The second-order valence-electron chi connectivity index (χ2n) is 6.44. The van der Waals surface area contributed by atoms with E-state index in [1.54, 1.807) is 24.3 Å². The predicted octanol–water partition coefficient (Wildman–Crippen LogP) is 3.88. The van der Waals surface area contributed by atoms with Gasteiger partial charge in [-0.25, -0.2) is 9.59 Å². The van der Waals surface area contributed by atoms with Gasteiger partial charge in [-0.1, -0.05) is 53.5 Å². The first-order valence-corrected chi connectivity index (χ1v) is 9.10. The number of aliphatic hydroxyl groups is 1. The van der Waals surface area contributed by atoms with Crippen molar-refractivity contribution in [2.75, 3.05) is 7.11 Å². The Labute approximate surface area is 169 Å². The quantitative estimate of drug-likeness (QED) is 0.500. The highest BCUT2D eigenvalue weighted by Gasteiger charge is 2.49. The molecule has 0 radical (unpaired) electrons. The number of fused-ring (bicyclic) bond motifs is 3. The van der Waals surface area contributed by atoms with Crippen LogP contribution >= 0.6 is 23.2 Å². The van der Waals surface area contributed by atoms with E-state index >= 15 is 0 Å². The lowest BCUT2D eigenvalue weighted by Crippen LogP contribution is -2.50. The molecule has 0 fully saturated rings. The van der Waals surface area contributed by atoms with Crippen LogP contribution in [0.4, 0.5) is 0 Å². The number of benzene rings is 2. The SMILES string of the molecule is COC(=O)[C@@]1(O)C[C@H](c2ccccc2)c2c(c3cc(Cl)cc(Cl)c3oc2=O)O1. The van der Waals surface area contributed by atoms with E-state index in [1.807, 2.05) is 6.07 Å². The molecule has 1 aromatic heterocycles. The largest absolute Gasteiger partial charge is 0.464 e. The van der Waals surface area contributed by atoms with Gasteiger partial charge >= 0.3 is 17.4 Å². The van der Waals surface area contributed by atoms with Gasteiger partial charge in [0.25, 0.3) is 0 Å². The molecule has 0 aliphatic carbocycles. The van der Waals surface area contributed by atoms with Crippen LogP contribution in [0.25, 0.3) is 11.0 Å². The molecule has 1 N–H and O–H groups in total. The van der Waals surface area contributed by atoms with Gasteiger partial charge in [0.1, 0.15) is 5.75 Å². The number of carbonyl (C=O) groups is 1. The van der Waals surface area contributed by atoms with E-state index in [0.717, 1.165) is 7.11 Å². The van der Waals surface area contributed by atoms with Crippen LogP contribution in [-0.4, -0.2) is 24.0 Å². The Morgan fingerprint density at radius 3 is 2.64 bits per heavy atom. The first-order chi connectivity index (χ1) is 13.3. The van der Waals surface area contributed by atoms with E-state index in [0.29, 0.717) is 5.56 Å². The summed E-state index contributed by atoms with van der Waals surface area (Å²) in [6.07, 6.45) is -0.221. The smallest absolute Gasteiger partial charge is 0.379 e. The highest BCUT2D eigenvalue weighted by Crippen LogP contribution is 2.46. The van der Waals surface area contributed by atoms with E-state index in [-0.39, 0.29) is 38.7 Å². The molecule has 2 atom stereocenters. The van der Waals surface area contributed by atoms with Crippen molar-refractivity contribution in [3.63, 3.8) is 0 Å². The molecule has 4 rings (SSSR count). The summed E-state index contributed by atoms with van der Waals surface area (Å²) >= 11 is 12.3. The van der Waals surface area contributed by atoms with Crippen molar-refractivity contribution in [1.82, 2.24) is 0 Å². The third-order valence-corrected chi connectivity index (χ3v) is 5.22. The zero-order valence-electron chi connectivity index (χ0n) is 14.6. The molecule has 0 saturated carbocycles. The molecule has 3 aromatic rings. The van der Waals surface area contributed by atoms with E-state index in [9.17, 15) is 14.7 Å². The van der Waals surface area contributed by atoms with Gasteiger partial charge in [-0.15, -0.1) is 0 Å². The zero-order chi connectivity index (χ0) is 20.1. The maximum atomic E-state index is 12.8. The normalized spacial score (nSPS) is 21.1. The van der Waals surface area contributed by atoms with Gasteiger partial charge in [-0.3, -0.25) is 0 Å². The molecule has 0 amide bonds. The van der Waals surface area contributed by atoms with Gasteiger partial charge < -0.3 is 19.0 Å². The van der Waals surface area contributed by atoms with Crippen LogP contribution in [0.3, 0.4) is 0 Å². The number of esters is 1. The zero-order valence-corrected chi connectivity index (χ0v) is 16.1. The minimum Gasteiger partial charge on any atom is -0.464 e. The Hall–Kier alpha value is -2.54. The maximum absolute atomic E-state index is 12.8. The summed E-state index contributed by atoms with van der Waals surface area (Å²) in [5, 5.41) is 11.6. The Morgan fingerprint density at radius 1 is 1.25 bits per heavy atom. The van der Waals surface area contributed by atoms with Gasteiger partial charge in [0, 0.05) is 17.4 Å². The minimum atomic E-state index is -2.29. The molecule has 0 spiro atoms. The molecular weight excluding hydrogens is 407 g/mol. The fourth-order valence-corrected chi connectivity index (χ4v) is 4.00. The molecule has 2 heterocycles. The van der Waals surface area contributed by atoms with Crippen molar-refractivity contribution >= 4 is 40.1 Å². The lowest BCUT2D eigenvalue weighted by atomic mass is 9.83. The van der Waals surface area contributed by atoms with Crippen LogP contribution in [-0.2, 0) is 9.53 Å². The number of ether oxygens (including phenoxy) is 2. The number of hydrogen-bond donors (Lipinski definition) is 1. The number of hydrogen-bond acceptors (Lipinski definition) is 6. The molecule has 6 nitrogen and oxygen atoms in total. The van der Waals surface area contributed by atoms with Crippen molar-refractivity contribution in [2.24, 2.45) is 0 Å². The second-order valence-corrected chi connectivity index (χ2v) is 7.29. The van der Waals surface area contributed by atoms with Crippen molar-refractivity contribution in [3.8, 4) is 5.75 Å². The van der Waals surface area contributed by atoms with Gasteiger partial charge in [0.2, 0.25) is 0 Å². The Bertz CT molecular complexity index is 1140. The van der Waals surface area contributed by atoms with E-state index in [4.69, 9.17) is 37.1 Å². The minimum absolute atomic E-state index is 0.0105. The van der Waals surface area contributed by atoms with Crippen molar-refractivity contribution in [2.45, 2.75) is 18.1 Å². The van der Waals surface area contributed by atoms with Crippen LogP contribution in [0.2, 0.25) is 10.0 Å². The highest BCUT2D eigenvalue weighted by atomic mass is 35.5. The molecular formula is C20H14Cl2O6. The maximum Gasteiger partial charge on any atom is 0.379 e. The monoisotopic (exact) mass is 420 g/mol. The molecule has 1 aliphatic rings. The topological polar surface area (TPSA) is 86.0 Å². The summed E-state index contributed by atoms with van der Waals surface area (Å²) in [6.45, 7) is 0. The molecule has 0 saturated heterocycles. The standard InChI is InChI=1S/C20H14Cl2O6/c1-26-19(24)20(25)9-13(10-5-3-2-4-6-10)15-17(28-20)12-7-11(21)8-14(22)16(12)27-18(15)23/h2-8,13,25H,9H2,1H3/t13-,20-/m1/s1. The molecule has 0 unspecified atom stereocenters. The van der Waals surface area contributed by atoms with Crippen LogP contribution in [0.5, 0.6) is 5.75 Å². The van der Waals surface area contributed by atoms with Crippen molar-refractivity contribution in [1.29, 1.82) is 0 Å². The molecule has 144 valence electrons. The van der Waals surface area contributed by atoms with Crippen LogP contribution < -0.4 is 10.4 Å². The lowest BCUT2D eigenvalue weighted by molar-refractivity contribution is -0.202. The molecule has 8 heteroatoms. The Balaban J connectivity index is 2.07. The summed E-state index contributed by atoms with van der Waals surface area (Å²) in [7, 11) is 1.14. The Kier molecular flexibility index (Phi) is 4.57. The second kappa shape index (κ2) is 6.81. The average molecular weight is 421 g/mol. The number of rotatable bonds is 2. The van der Waals surface area contributed by atoms with E-state index in [1.165, 1.54) is 12.1 Å². The summed E-state index contributed by atoms with van der Waals surface area (Å²) in [4.78, 5) is 25.1. The molecule has 0 bridgehead atoms. The summed E-state index contributed by atoms with van der Waals surface area (Å²) in [6, 6.07) is 11.9. The van der Waals surface area contributed by atoms with Crippen molar-refractivity contribution < 1.29 is 23.8 Å². The predicted molar refractivity (Wildman–Crippen MR) is 103 cm³/mol. The first kappa shape index (κ1) is 18.8. The third-order valence-electron chi connectivity index (χ3n) is 4.72. The van der Waals surface area contributed by atoms with E-state index < -0.39 is 23.3 Å². The summed E-state index contributed by atoms with van der Waals surface area (Å²) in [5.41, 5.74) is 0.253. The first-order valence-electron chi connectivity index (χ1n) is 8.34. The summed E-state index contributed by atoms with van der Waals surface area (Å²) in [5.74, 6) is -3.96. The van der Waals surface area contributed by atoms with Crippen LogP contribution in [0.1, 0.15) is 23.5 Å². The van der Waals surface area contributed by atoms with Crippen LogP contribution in [0, 0.1) is 0 Å². The van der Waals surface area contributed by atoms with Gasteiger partial charge in [-0.2, -0.15) is 0 Å². The van der Waals surface area contributed by atoms with Gasteiger partial charge in [-0.05, 0) is 17.7 Å². The number of methoxy groups -OCH3 is 1. The molecule has 1 aliphatic heterocycles.